The zero-order valence-electron chi connectivity index (χ0n) is 30.6. The van der Waals surface area contributed by atoms with E-state index in [2.05, 4.69) is 34.6 Å². The minimum absolute atomic E-state index is 0.0231. The van der Waals surface area contributed by atoms with Gasteiger partial charge in [-0.3, -0.25) is 9.88 Å². The van der Waals surface area contributed by atoms with E-state index in [1.54, 1.807) is 6.92 Å². The van der Waals surface area contributed by atoms with Gasteiger partial charge in [-0.2, -0.15) is 9.97 Å². The molecule has 6 atom stereocenters. The number of pyridine rings is 1. The fraction of sp³-hybridized carbons (Fsp3) is 0.537. The Kier molecular flexibility index (Phi) is 9.42. The van der Waals surface area contributed by atoms with Crippen LogP contribution in [0.15, 0.2) is 30.5 Å². The number of anilines is 1. The molecule has 4 aromatic rings. The molecule has 2 unspecified atom stereocenters. The highest BCUT2D eigenvalue weighted by molar-refractivity contribution is 6.03. The number of terminal acetylenes is 1. The standard InChI is InChI=1S/C41H47F2N5O5/c1-5-29-32(42)10-9-26-18-28(49)19-30(34(26)29)36-35(43)37-31(20-44-36)38(47-14-15-51-22-40(4,50)21-47)46-39(45-37)52-23-41-11-6-8-33(41)48(13-7-12-41)27-16-24(2)53-25(3)17-27/h1,9-10,18-20,24-25,27,33,49-50H,6-8,11-17,21-23H2,2-4H3/t24-,25+,27?,33-,40+,41?/m1/s1. The summed E-state index contributed by atoms with van der Waals surface area (Å²) in [6.45, 7) is 8.47. The van der Waals surface area contributed by atoms with Gasteiger partial charge in [0.05, 0.1) is 49.5 Å². The van der Waals surface area contributed by atoms with Gasteiger partial charge in [0.1, 0.15) is 34.2 Å². The van der Waals surface area contributed by atoms with Crippen molar-refractivity contribution in [3.8, 4) is 35.4 Å². The minimum atomic E-state index is -1.20. The van der Waals surface area contributed by atoms with Crippen LogP contribution in [0.3, 0.4) is 0 Å². The smallest absolute Gasteiger partial charge is 0.319 e. The van der Waals surface area contributed by atoms with Crippen LogP contribution in [0.5, 0.6) is 11.8 Å². The summed E-state index contributed by atoms with van der Waals surface area (Å²) in [5, 5.41) is 22.7. The first-order valence-corrected chi connectivity index (χ1v) is 18.8. The van der Waals surface area contributed by atoms with Crippen molar-refractivity contribution in [3.63, 3.8) is 0 Å². The average molecular weight is 728 g/mol. The molecule has 0 radical (unpaired) electrons. The van der Waals surface area contributed by atoms with Crippen molar-refractivity contribution < 1.29 is 33.2 Å². The summed E-state index contributed by atoms with van der Waals surface area (Å²) < 4.78 is 50.4. The van der Waals surface area contributed by atoms with Gasteiger partial charge in [-0.1, -0.05) is 18.4 Å². The van der Waals surface area contributed by atoms with Crippen molar-refractivity contribution in [3.05, 3.63) is 47.7 Å². The number of phenols is 1. The van der Waals surface area contributed by atoms with E-state index >= 15 is 4.39 Å². The van der Waals surface area contributed by atoms with E-state index in [1.807, 2.05) is 4.90 Å². The van der Waals surface area contributed by atoms with Crippen LogP contribution in [-0.4, -0.2) is 99.4 Å². The maximum Gasteiger partial charge on any atom is 0.319 e. The van der Waals surface area contributed by atoms with Crippen LogP contribution in [0, 0.1) is 29.4 Å². The molecule has 2 aromatic heterocycles. The molecule has 1 aliphatic carbocycles. The van der Waals surface area contributed by atoms with Gasteiger partial charge in [0.15, 0.2) is 5.82 Å². The van der Waals surface area contributed by atoms with Crippen molar-refractivity contribution in [1.29, 1.82) is 0 Å². The highest BCUT2D eigenvalue weighted by Gasteiger charge is 2.50. The van der Waals surface area contributed by atoms with Crippen molar-refractivity contribution in [2.45, 2.75) is 95.6 Å². The van der Waals surface area contributed by atoms with E-state index in [-0.39, 0.29) is 70.3 Å². The summed E-state index contributed by atoms with van der Waals surface area (Å²) in [6.07, 6.45) is 15.0. The largest absolute Gasteiger partial charge is 0.508 e. The lowest BCUT2D eigenvalue weighted by Crippen LogP contribution is -2.57. The molecule has 1 saturated carbocycles. The zero-order valence-corrected chi connectivity index (χ0v) is 30.6. The molecular weight excluding hydrogens is 680 g/mol. The van der Waals surface area contributed by atoms with E-state index < -0.39 is 17.2 Å². The Bertz CT molecular complexity index is 2080. The molecule has 0 amide bonds. The number of aliphatic hydroxyl groups is 1. The van der Waals surface area contributed by atoms with Crippen molar-refractivity contribution in [2.75, 3.05) is 44.4 Å². The number of phenolic OH excluding ortho intramolecular Hbond substituents is 1. The molecule has 3 saturated heterocycles. The second-order valence-electron chi connectivity index (χ2n) is 15.9. The third kappa shape index (κ3) is 6.67. The summed E-state index contributed by atoms with van der Waals surface area (Å²) in [5.41, 5.74) is -1.43. The number of hydrogen-bond donors (Lipinski definition) is 2. The molecule has 280 valence electrons. The predicted octanol–water partition coefficient (Wildman–Crippen LogP) is 6.37. The van der Waals surface area contributed by atoms with Crippen LogP contribution in [0.4, 0.5) is 14.6 Å². The van der Waals surface area contributed by atoms with Crippen LogP contribution in [0.2, 0.25) is 0 Å². The molecule has 53 heavy (non-hydrogen) atoms. The van der Waals surface area contributed by atoms with Gasteiger partial charge in [0, 0.05) is 41.2 Å². The molecular formula is C41H47F2N5O5. The number of aromatic hydroxyl groups is 1. The van der Waals surface area contributed by atoms with E-state index in [9.17, 15) is 14.6 Å². The summed E-state index contributed by atoms with van der Waals surface area (Å²) in [7, 11) is 0. The third-order valence-corrected chi connectivity index (χ3v) is 11.8. The Morgan fingerprint density at radius 1 is 1.09 bits per heavy atom. The lowest BCUT2D eigenvalue weighted by atomic mass is 9.74. The Morgan fingerprint density at radius 2 is 1.89 bits per heavy atom. The lowest BCUT2D eigenvalue weighted by Gasteiger charge is -2.51. The quantitative estimate of drug-likeness (QED) is 0.218. The summed E-state index contributed by atoms with van der Waals surface area (Å²) in [6, 6.07) is 6.32. The maximum absolute atomic E-state index is 17.1. The normalized spacial score (nSPS) is 29.6. The lowest BCUT2D eigenvalue weighted by molar-refractivity contribution is -0.0967. The Labute approximate surface area is 308 Å². The number of hydrogen-bond acceptors (Lipinski definition) is 10. The SMILES string of the molecule is C#Cc1c(F)ccc2cc(O)cc(-c3ncc4c(N5CCOC[C@@](C)(O)C5)nc(OCC56CCC[C@H]5N(C5C[C@@H](C)O[C@@H](C)C5)CCC6)nc4c3F)c12. The Balaban J connectivity index is 1.21. The first kappa shape index (κ1) is 35.9. The van der Waals surface area contributed by atoms with E-state index in [4.69, 9.17) is 25.6 Å². The molecule has 4 aliphatic rings. The Hall–Kier alpha value is -4.15. The minimum Gasteiger partial charge on any atom is -0.508 e. The van der Waals surface area contributed by atoms with Gasteiger partial charge in [-0.05, 0) is 89.4 Å². The second-order valence-corrected chi connectivity index (χ2v) is 15.9. The molecule has 0 bridgehead atoms. The van der Waals surface area contributed by atoms with Gasteiger partial charge in [-0.15, -0.1) is 6.42 Å². The predicted molar refractivity (Wildman–Crippen MR) is 198 cm³/mol. The van der Waals surface area contributed by atoms with E-state index in [0.717, 1.165) is 51.5 Å². The van der Waals surface area contributed by atoms with Gasteiger partial charge in [0.2, 0.25) is 0 Å². The molecule has 10 nitrogen and oxygen atoms in total. The van der Waals surface area contributed by atoms with Crippen LogP contribution in [0.25, 0.3) is 32.9 Å². The number of likely N-dealkylation sites (tertiary alicyclic amines) is 1. The van der Waals surface area contributed by atoms with Crippen LogP contribution in [-0.2, 0) is 9.47 Å². The number of β-amino-alcohol motifs (C(OH)–C–C–N with tert-alkyl or cyclic N) is 1. The Morgan fingerprint density at radius 3 is 2.68 bits per heavy atom. The number of rotatable bonds is 6. The molecule has 2 aromatic carbocycles. The topological polar surface area (TPSA) is 113 Å². The average Bonchev–Trinajstić information content (AvgIpc) is 3.47. The van der Waals surface area contributed by atoms with E-state index in [0.29, 0.717) is 48.4 Å². The fourth-order valence-electron chi connectivity index (χ4n) is 9.68. The summed E-state index contributed by atoms with van der Waals surface area (Å²) in [5.74, 6) is 1.16. The molecule has 2 N–H and O–H groups in total. The number of aromatic nitrogens is 3. The molecule has 8 rings (SSSR count). The van der Waals surface area contributed by atoms with Crippen molar-refractivity contribution >= 4 is 27.5 Å². The van der Waals surface area contributed by atoms with Gasteiger partial charge >= 0.3 is 6.01 Å². The number of ether oxygens (including phenoxy) is 3. The van der Waals surface area contributed by atoms with Gasteiger partial charge in [-0.25, -0.2) is 8.78 Å². The van der Waals surface area contributed by atoms with Gasteiger partial charge in [0.25, 0.3) is 0 Å². The summed E-state index contributed by atoms with van der Waals surface area (Å²) in [4.78, 5) is 18.6. The van der Waals surface area contributed by atoms with Crippen LogP contribution < -0.4 is 9.64 Å². The maximum atomic E-state index is 17.1. The van der Waals surface area contributed by atoms with Gasteiger partial charge < -0.3 is 29.3 Å². The molecule has 5 heterocycles. The van der Waals surface area contributed by atoms with E-state index in [1.165, 1.54) is 30.5 Å². The number of benzene rings is 2. The molecule has 12 heteroatoms. The monoisotopic (exact) mass is 727 g/mol. The third-order valence-electron chi connectivity index (χ3n) is 11.8. The highest BCUT2D eigenvalue weighted by atomic mass is 19.1. The molecule has 3 aliphatic heterocycles. The molecule has 0 spiro atoms. The summed E-state index contributed by atoms with van der Waals surface area (Å²) >= 11 is 0. The first-order valence-electron chi connectivity index (χ1n) is 18.8. The first-order chi connectivity index (χ1) is 25.4. The molecule has 4 fully saturated rings. The fourth-order valence-corrected chi connectivity index (χ4v) is 9.68. The van der Waals surface area contributed by atoms with Crippen molar-refractivity contribution in [2.24, 2.45) is 5.41 Å². The number of piperidine rings is 1. The number of fused-ring (bicyclic) bond motifs is 3. The van der Waals surface area contributed by atoms with Crippen LogP contribution in [0.1, 0.15) is 71.3 Å². The second kappa shape index (κ2) is 13.9. The highest BCUT2D eigenvalue weighted by Crippen LogP contribution is 2.50. The van der Waals surface area contributed by atoms with Crippen LogP contribution >= 0.6 is 0 Å². The zero-order chi connectivity index (χ0) is 37.1. The number of halogens is 2. The number of nitrogens with zero attached hydrogens (tertiary/aromatic N) is 5. The van der Waals surface area contributed by atoms with Crippen molar-refractivity contribution in [1.82, 2.24) is 19.9 Å².